The molecule has 19 heavy (non-hydrogen) atoms. The van der Waals surface area contributed by atoms with Gasteiger partial charge in [-0.05, 0) is 24.1 Å². The summed E-state index contributed by atoms with van der Waals surface area (Å²) < 4.78 is 0. The maximum Gasteiger partial charge on any atom is 0.244 e. The summed E-state index contributed by atoms with van der Waals surface area (Å²) in [4.78, 5) is 11.7. The minimum atomic E-state index is -0.0792. The molecule has 0 radical (unpaired) electrons. The highest BCUT2D eigenvalue weighted by Crippen LogP contribution is 2.03. The molecule has 2 nitrogen and oxygen atoms in total. The molecule has 96 valence electrons. The van der Waals surface area contributed by atoms with Gasteiger partial charge in [0.1, 0.15) is 0 Å². The molecule has 0 aliphatic rings. The molecule has 0 aliphatic carbocycles. The van der Waals surface area contributed by atoms with Gasteiger partial charge in [0.05, 0.1) is 0 Å². The zero-order valence-electron chi connectivity index (χ0n) is 11.0. The third-order valence-electron chi connectivity index (χ3n) is 2.81. The normalized spacial score (nSPS) is 10.6. The number of carbonyl (C=O) groups excluding carboxylic acids is 1. The van der Waals surface area contributed by atoms with Crippen LogP contribution in [0, 0.1) is 6.92 Å². The van der Waals surface area contributed by atoms with Crippen molar-refractivity contribution < 1.29 is 4.79 Å². The summed E-state index contributed by atoms with van der Waals surface area (Å²) in [5, 5.41) is 2.86. The van der Waals surface area contributed by atoms with E-state index in [0.29, 0.717) is 6.54 Å². The molecule has 0 aliphatic heterocycles. The van der Waals surface area contributed by atoms with Crippen molar-refractivity contribution in [2.24, 2.45) is 0 Å². The first-order valence-electron chi connectivity index (χ1n) is 6.30. The van der Waals surface area contributed by atoms with Crippen LogP contribution < -0.4 is 5.32 Å². The number of hydrogen-bond donors (Lipinski definition) is 1. The van der Waals surface area contributed by atoms with Crippen LogP contribution in [0.2, 0.25) is 0 Å². The largest absolute Gasteiger partial charge is 0.348 e. The molecule has 1 N–H and O–H groups in total. The van der Waals surface area contributed by atoms with Crippen molar-refractivity contribution in [1.82, 2.24) is 5.32 Å². The Morgan fingerprint density at radius 2 is 1.74 bits per heavy atom. The van der Waals surface area contributed by atoms with Crippen molar-refractivity contribution in [2.75, 3.05) is 0 Å². The maximum atomic E-state index is 11.7. The van der Waals surface area contributed by atoms with E-state index in [-0.39, 0.29) is 5.91 Å². The Morgan fingerprint density at radius 1 is 1.05 bits per heavy atom. The Bertz CT molecular complexity index is 556. The van der Waals surface area contributed by atoms with E-state index in [2.05, 4.69) is 5.32 Å². The summed E-state index contributed by atoms with van der Waals surface area (Å²) in [5.74, 6) is -0.0792. The molecule has 0 atom stereocenters. The maximum absolute atomic E-state index is 11.7. The van der Waals surface area contributed by atoms with E-state index < -0.39 is 0 Å². The van der Waals surface area contributed by atoms with Crippen LogP contribution >= 0.6 is 0 Å². The molecule has 0 heterocycles. The molecule has 0 unspecified atom stereocenters. The van der Waals surface area contributed by atoms with Gasteiger partial charge in [0.15, 0.2) is 0 Å². The average Bonchev–Trinajstić information content (AvgIpc) is 2.45. The van der Waals surface area contributed by atoms with Crippen LogP contribution in [-0.4, -0.2) is 5.91 Å². The van der Waals surface area contributed by atoms with Gasteiger partial charge in [0.2, 0.25) is 5.91 Å². The molecule has 1 amide bonds. The first-order chi connectivity index (χ1) is 9.24. The summed E-state index contributed by atoms with van der Waals surface area (Å²) in [6, 6.07) is 17.9. The third kappa shape index (κ3) is 4.43. The van der Waals surface area contributed by atoms with Gasteiger partial charge in [-0.1, -0.05) is 60.2 Å². The van der Waals surface area contributed by atoms with E-state index in [1.807, 2.05) is 67.6 Å². The van der Waals surface area contributed by atoms with Crippen molar-refractivity contribution in [3.63, 3.8) is 0 Å². The molecule has 0 saturated carbocycles. The first kappa shape index (κ1) is 13.1. The van der Waals surface area contributed by atoms with Crippen molar-refractivity contribution >= 4 is 12.0 Å². The summed E-state index contributed by atoms with van der Waals surface area (Å²) in [7, 11) is 0. The van der Waals surface area contributed by atoms with E-state index in [1.165, 1.54) is 5.56 Å². The molecular weight excluding hydrogens is 234 g/mol. The quantitative estimate of drug-likeness (QED) is 0.830. The zero-order valence-corrected chi connectivity index (χ0v) is 11.0. The average molecular weight is 251 g/mol. The third-order valence-corrected chi connectivity index (χ3v) is 2.81. The van der Waals surface area contributed by atoms with Crippen LogP contribution in [-0.2, 0) is 11.3 Å². The van der Waals surface area contributed by atoms with Crippen LogP contribution in [0.25, 0.3) is 6.08 Å². The van der Waals surface area contributed by atoms with Crippen molar-refractivity contribution in [3.8, 4) is 0 Å². The predicted molar refractivity (Wildman–Crippen MR) is 78.5 cm³/mol. The number of benzene rings is 2. The lowest BCUT2D eigenvalue weighted by Crippen LogP contribution is -2.20. The Balaban J connectivity index is 1.85. The van der Waals surface area contributed by atoms with E-state index in [0.717, 1.165) is 11.1 Å². The fraction of sp³-hybridized carbons (Fsp3) is 0.118. The number of aryl methyl sites for hydroxylation is 1. The fourth-order valence-electron chi connectivity index (χ4n) is 1.69. The number of carbonyl (C=O) groups is 1. The Hall–Kier alpha value is -2.35. The van der Waals surface area contributed by atoms with Gasteiger partial charge in [-0.25, -0.2) is 0 Å². The second kappa shape index (κ2) is 6.55. The monoisotopic (exact) mass is 251 g/mol. The van der Waals surface area contributed by atoms with Gasteiger partial charge in [0.25, 0.3) is 0 Å². The van der Waals surface area contributed by atoms with Crippen molar-refractivity contribution in [1.29, 1.82) is 0 Å². The molecule has 2 heteroatoms. The topological polar surface area (TPSA) is 29.1 Å². The highest BCUT2D eigenvalue weighted by atomic mass is 16.1. The Kier molecular flexibility index (Phi) is 4.51. The Morgan fingerprint density at radius 3 is 2.42 bits per heavy atom. The number of rotatable bonds is 4. The molecule has 0 aromatic heterocycles. The van der Waals surface area contributed by atoms with Gasteiger partial charge in [-0.2, -0.15) is 0 Å². The van der Waals surface area contributed by atoms with E-state index >= 15 is 0 Å². The Labute approximate surface area is 113 Å². The lowest BCUT2D eigenvalue weighted by Gasteiger charge is -2.02. The fourth-order valence-corrected chi connectivity index (χ4v) is 1.69. The van der Waals surface area contributed by atoms with Crippen LogP contribution in [0.5, 0.6) is 0 Å². The minimum Gasteiger partial charge on any atom is -0.348 e. The summed E-state index contributed by atoms with van der Waals surface area (Å²) in [6.07, 6.45) is 3.37. The molecular formula is C17H17NO. The lowest BCUT2D eigenvalue weighted by atomic mass is 10.1. The van der Waals surface area contributed by atoms with E-state index in [9.17, 15) is 4.79 Å². The highest BCUT2D eigenvalue weighted by Gasteiger charge is 1.96. The van der Waals surface area contributed by atoms with Gasteiger partial charge in [0, 0.05) is 12.6 Å². The summed E-state index contributed by atoms with van der Waals surface area (Å²) in [5.41, 5.74) is 3.35. The smallest absolute Gasteiger partial charge is 0.244 e. The number of hydrogen-bond acceptors (Lipinski definition) is 1. The molecule has 0 fully saturated rings. The van der Waals surface area contributed by atoms with Crippen LogP contribution in [0.3, 0.4) is 0 Å². The molecule has 2 aromatic carbocycles. The van der Waals surface area contributed by atoms with Gasteiger partial charge < -0.3 is 5.32 Å². The second-order valence-corrected chi connectivity index (χ2v) is 4.45. The van der Waals surface area contributed by atoms with Crippen molar-refractivity contribution in [2.45, 2.75) is 13.5 Å². The molecule has 0 bridgehead atoms. The molecule has 2 rings (SSSR count). The first-order valence-corrected chi connectivity index (χ1v) is 6.30. The predicted octanol–water partition coefficient (Wildman–Crippen LogP) is 3.32. The van der Waals surface area contributed by atoms with E-state index in [1.54, 1.807) is 6.08 Å². The minimum absolute atomic E-state index is 0.0792. The van der Waals surface area contributed by atoms with E-state index in [4.69, 9.17) is 0 Å². The van der Waals surface area contributed by atoms with Crippen LogP contribution in [0.15, 0.2) is 60.7 Å². The van der Waals surface area contributed by atoms with Crippen molar-refractivity contribution in [3.05, 3.63) is 77.4 Å². The SMILES string of the molecule is Cc1ccc(CNC(=O)C=Cc2ccccc2)cc1. The summed E-state index contributed by atoms with van der Waals surface area (Å²) in [6.45, 7) is 2.60. The lowest BCUT2D eigenvalue weighted by molar-refractivity contribution is -0.116. The standard InChI is InChI=1S/C17H17NO/c1-14-7-9-16(10-8-14)13-18-17(19)12-11-15-5-3-2-4-6-15/h2-12H,13H2,1H3,(H,18,19). The zero-order chi connectivity index (χ0) is 13.5. The molecule has 0 spiro atoms. The highest BCUT2D eigenvalue weighted by molar-refractivity contribution is 5.91. The summed E-state index contributed by atoms with van der Waals surface area (Å²) >= 11 is 0. The van der Waals surface area contributed by atoms with Gasteiger partial charge in [-0.3, -0.25) is 4.79 Å². The van der Waals surface area contributed by atoms with Crippen LogP contribution in [0.4, 0.5) is 0 Å². The van der Waals surface area contributed by atoms with Gasteiger partial charge >= 0.3 is 0 Å². The number of nitrogens with one attached hydrogen (secondary N) is 1. The molecule has 0 saturated heterocycles. The van der Waals surface area contributed by atoms with Crippen LogP contribution in [0.1, 0.15) is 16.7 Å². The molecule has 2 aromatic rings. The second-order valence-electron chi connectivity index (χ2n) is 4.45. The van der Waals surface area contributed by atoms with Gasteiger partial charge in [-0.15, -0.1) is 0 Å². The number of amides is 1.